The Morgan fingerprint density at radius 3 is 2.36 bits per heavy atom. The Morgan fingerprint density at radius 2 is 1.73 bits per heavy atom. The van der Waals surface area contributed by atoms with Gasteiger partial charge in [0, 0.05) is 38.0 Å². The highest BCUT2D eigenvalue weighted by atomic mass is 35.5. The monoisotopic (exact) mass is 471 g/mol. The second-order valence-electron chi connectivity index (χ2n) is 8.77. The van der Waals surface area contributed by atoms with E-state index in [4.69, 9.17) is 11.6 Å². The van der Waals surface area contributed by atoms with Crippen molar-refractivity contribution in [3.05, 3.63) is 70.7 Å². The smallest absolute Gasteiger partial charge is 0.240 e. The molecule has 0 aromatic heterocycles. The van der Waals surface area contributed by atoms with Gasteiger partial charge in [-0.15, -0.1) is 0 Å². The van der Waals surface area contributed by atoms with Crippen LogP contribution in [-0.2, 0) is 19.8 Å². The summed E-state index contributed by atoms with van der Waals surface area (Å²) in [4.78, 5) is 44.3. The normalized spacial score (nSPS) is 19.3. The van der Waals surface area contributed by atoms with E-state index in [2.05, 4.69) is 0 Å². The lowest BCUT2D eigenvalue weighted by Crippen LogP contribution is -2.44. The Hall–Kier alpha value is -2.74. The minimum absolute atomic E-state index is 0.0634. The molecule has 8 heteroatoms. The van der Waals surface area contributed by atoms with E-state index in [1.165, 1.54) is 9.80 Å². The van der Waals surface area contributed by atoms with Crippen molar-refractivity contribution in [2.24, 2.45) is 0 Å². The van der Waals surface area contributed by atoms with Gasteiger partial charge in [-0.1, -0.05) is 60.1 Å². The van der Waals surface area contributed by atoms with Crippen molar-refractivity contribution in [3.8, 4) is 0 Å². The van der Waals surface area contributed by atoms with E-state index in [9.17, 15) is 19.5 Å². The number of nitrogens with zero attached hydrogens (tertiary/aromatic N) is 3. The molecule has 0 saturated carbocycles. The predicted molar refractivity (Wildman–Crippen MR) is 127 cm³/mol. The van der Waals surface area contributed by atoms with Crippen LogP contribution in [0.1, 0.15) is 30.1 Å². The van der Waals surface area contributed by atoms with Crippen molar-refractivity contribution < 1.29 is 19.5 Å². The molecule has 2 aromatic carbocycles. The molecule has 1 saturated heterocycles. The lowest BCUT2D eigenvalue weighted by Gasteiger charge is -2.30. The van der Waals surface area contributed by atoms with Gasteiger partial charge in [-0.25, -0.2) is 0 Å². The number of hydrogen-bond donors (Lipinski definition) is 1. The topological polar surface area (TPSA) is 81.2 Å². The van der Waals surface area contributed by atoms with Crippen molar-refractivity contribution in [2.75, 3.05) is 40.8 Å². The van der Waals surface area contributed by atoms with Gasteiger partial charge < -0.3 is 14.9 Å². The van der Waals surface area contributed by atoms with E-state index in [-0.39, 0.29) is 37.7 Å². The molecule has 2 aromatic rings. The molecule has 1 N–H and O–H groups in total. The third-order valence-electron chi connectivity index (χ3n) is 6.08. The van der Waals surface area contributed by atoms with E-state index in [0.717, 1.165) is 0 Å². The standard InChI is InChI=1S/C25H30ClN3O4/c1-27(2)13-14-29-23(32)16-25(24(29)33,19-11-7-8-12-20(19)26)15-22(31)28(3)17-21(30)18-9-5-4-6-10-18/h4-12,21,30H,13-17H2,1-3H3/t21-,25+/m1/s1. The van der Waals surface area contributed by atoms with E-state index in [0.29, 0.717) is 22.7 Å². The molecule has 0 radical (unpaired) electrons. The van der Waals surface area contributed by atoms with Crippen LogP contribution in [0.25, 0.3) is 0 Å². The molecule has 2 atom stereocenters. The molecule has 176 valence electrons. The summed E-state index contributed by atoms with van der Waals surface area (Å²) in [7, 11) is 5.31. The average Bonchev–Trinajstić information content (AvgIpc) is 3.02. The van der Waals surface area contributed by atoms with Crippen LogP contribution in [0.3, 0.4) is 0 Å². The molecule has 0 spiro atoms. The number of aliphatic hydroxyl groups excluding tert-OH is 1. The Balaban J connectivity index is 1.87. The summed E-state index contributed by atoms with van der Waals surface area (Å²) < 4.78 is 0. The Bertz CT molecular complexity index is 1010. The molecule has 0 bridgehead atoms. The molecular formula is C25H30ClN3O4. The third kappa shape index (κ3) is 5.43. The molecule has 1 aliphatic heterocycles. The maximum absolute atomic E-state index is 13.6. The predicted octanol–water partition coefficient (Wildman–Crippen LogP) is 2.48. The first kappa shape index (κ1) is 24.9. The van der Waals surface area contributed by atoms with Gasteiger partial charge in [-0.2, -0.15) is 0 Å². The number of carbonyl (C=O) groups is 3. The number of imide groups is 1. The van der Waals surface area contributed by atoms with Crippen LogP contribution in [0.4, 0.5) is 0 Å². The van der Waals surface area contributed by atoms with Crippen LogP contribution >= 0.6 is 11.6 Å². The molecule has 1 aliphatic rings. The Morgan fingerprint density at radius 1 is 1.09 bits per heavy atom. The fourth-order valence-corrected chi connectivity index (χ4v) is 4.47. The number of amides is 3. The molecule has 1 heterocycles. The fourth-order valence-electron chi connectivity index (χ4n) is 4.16. The summed E-state index contributed by atoms with van der Waals surface area (Å²) in [6.45, 7) is 0.828. The highest BCUT2D eigenvalue weighted by Gasteiger charge is 2.54. The third-order valence-corrected chi connectivity index (χ3v) is 6.41. The van der Waals surface area contributed by atoms with Crippen molar-refractivity contribution in [2.45, 2.75) is 24.4 Å². The number of hydrogen-bond acceptors (Lipinski definition) is 5. The largest absolute Gasteiger partial charge is 0.387 e. The molecule has 3 rings (SSSR count). The number of likely N-dealkylation sites (tertiary alicyclic amines) is 1. The van der Waals surface area contributed by atoms with E-state index in [1.54, 1.807) is 43.4 Å². The fraction of sp³-hybridized carbons (Fsp3) is 0.400. The summed E-state index contributed by atoms with van der Waals surface area (Å²) >= 11 is 6.45. The number of aliphatic hydroxyl groups is 1. The lowest BCUT2D eigenvalue weighted by atomic mass is 9.75. The van der Waals surface area contributed by atoms with Crippen molar-refractivity contribution in [1.29, 1.82) is 0 Å². The molecule has 33 heavy (non-hydrogen) atoms. The second kappa shape index (κ2) is 10.5. The quantitative estimate of drug-likeness (QED) is 0.568. The minimum Gasteiger partial charge on any atom is -0.387 e. The maximum Gasteiger partial charge on any atom is 0.240 e. The second-order valence-corrected chi connectivity index (χ2v) is 9.18. The van der Waals surface area contributed by atoms with Crippen LogP contribution in [0.5, 0.6) is 0 Å². The first-order chi connectivity index (χ1) is 15.7. The zero-order valence-electron chi connectivity index (χ0n) is 19.2. The van der Waals surface area contributed by atoms with Crippen molar-refractivity contribution in [1.82, 2.24) is 14.7 Å². The van der Waals surface area contributed by atoms with Crippen LogP contribution in [0.15, 0.2) is 54.6 Å². The van der Waals surface area contributed by atoms with Gasteiger partial charge in [0.05, 0.1) is 18.1 Å². The number of benzene rings is 2. The summed E-state index contributed by atoms with van der Waals surface area (Å²) in [5.74, 6) is -1.07. The molecule has 0 aliphatic carbocycles. The first-order valence-corrected chi connectivity index (χ1v) is 11.2. The molecule has 0 unspecified atom stereocenters. The Kier molecular flexibility index (Phi) is 7.89. The van der Waals surface area contributed by atoms with Crippen LogP contribution in [-0.4, -0.2) is 78.3 Å². The van der Waals surface area contributed by atoms with Gasteiger partial charge in [0.25, 0.3) is 0 Å². The maximum atomic E-state index is 13.6. The summed E-state index contributed by atoms with van der Waals surface area (Å²) in [5, 5.41) is 10.9. The highest BCUT2D eigenvalue weighted by Crippen LogP contribution is 2.43. The van der Waals surface area contributed by atoms with Gasteiger partial charge in [0.1, 0.15) is 0 Å². The van der Waals surface area contributed by atoms with Crippen LogP contribution < -0.4 is 0 Å². The minimum atomic E-state index is -1.37. The van der Waals surface area contributed by atoms with E-state index >= 15 is 0 Å². The SMILES string of the molecule is CN(C)CCN1C(=O)C[C@@](CC(=O)N(C)C[C@@H](O)c2ccccc2)(c2ccccc2Cl)C1=O. The number of carbonyl (C=O) groups excluding carboxylic acids is 3. The van der Waals surface area contributed by atoms with Crippen molar-refractivity contribution >= 4 is 29.3 Å². The first-order valence-electron chi connectivity index (χ1n) is 10.9. The van der Waals surface area contributed by atoms with Gasteiger partial charge in [-0.05, 0) is 31.3 Å². The van der Waals surface area contributed by atoms with Gasteiger partial charge in [-0.3, -0.25) is 19.3 Å². The zero-order chi connectivity index (χ0) is 24.2. The number of halogens is 1. The van der Waals surface area contributed by atoms with E-state index in [1.807, 2.05) is 37.2 Å². The van der Waals surface area contributed by atoms with Gasteiger partial charge in [0.2, 0.25) is 17.7 Å². The van der Waals surface area contributed by atoms with Crippen LogP contribution in [0, 0.1) is 0 Å². The summed E-state index contributed by atoms with van der Waals surface area (Å²) in [6, 6.07) is 15.9. The molecule has 7 nitrogen and oxygen atoms in total. The lowest BCUT2D eigenvalue weighted by molar-refractivity contribution is -0.142. The van der Waals surface area contributed by atoms with Gasteiger partial charge in [0.15, 0.2) is 0 Å². The number of rotatable bonds is 9. The highest BCUT2D eigenvalue weighted by molar-refractivity contribution is 6.32. The van der Waals surface area contributed by atoms with Crippen LogP contribution in [0.2, 0.25) is 5.02 Å². The van der Waals surface area contributed by atoms with Crippen molar-refractivity contribution in [3.63, 3.8) is 0 Å². The zero-order valence-corrected chi connectivity index (χ0v) is 20.0. The summed E-state index contributed by atoms with van der Waals surface area (Å²) in [6.07, 6.45) is -1.20. The molecular weight excluding hydrogens is 442 g/mol. The Labute approximate surface area is 199 Å². The van der Waals surface area contributed by atoms with E-state index < -0.39 is 17.4 Å². The summed E-state index contributed by atoms with van der Waals surface area (Å²) in [5.41, 5.74) is -0.201. The average molecular weight is 472 g/mol. The number of likely N-dealkylation sites (N-methyl/N-ethyl adjacent to an activating group) is 2. The molecule has 3 amide bonds. The van der Waals surface area contributed by atoms with Gasteiger partial charge >= 0.3 is 0 Å². The molecule has 1 fully saturated rings.